The van der Waals surface area contributed by atoms with E-state index in [1.807, 2.05) is 57.6 Å². The molecule has 156 valence electrons. The summed E-state index contributed by atoms with van der Waals surface area (Å²) in [5.74, 6) is -0.617. The molecule has 0 aliphatic heterocycles. The number of nitrogens with one attached hydrogen (secondary N) is 2. The van der Waals surface area contributed by atoms with E-state index in [4.69, 9.17) is 0 Å². The highest BCUT2D eigenvalue weighted by Gasteiger charge is 2.13. The first-order valence-corrected chi connectivity index (χ1v) is 9.69. The van der Waals surface area contributed by atoms with Gasteiger partial charge in [-0.3, -0.25) is 14.8 Å². The van der Waals surface area contributed by atoms with Gasteiger partial charge < -0.3 is 5.32 Å². The van der Waals surface area contributed by atoms with Crippen LogP contribution < -0.4 is 10.6 Å². The Morgan fingerprint density at radius 3 is 2.53 bits per heavy atom. The Bertz CT molecular complexity index is 1120. The molecule has 1 heterocycles. The number of hydrogen-bond acceptors (Lipinski definition) is 3. The summed E-state index contributed by atoms with van der Waals surface area (Å²) in [6.07, 6.45) is 0. The summed E-state index contributed by atoms with van der Waals surface area (Å²) in [5.41, 5.74) is 6.12. The number of rotatable bonds is 4. The van der Waals surface area contributed by atoms with Crippen molar-refractivity contribution in [2.75, 3.05) is 5.32 Å². The number of carbonyl (C=O) groups excluding carboxylic acids is 1. The first kappa shape index (κ1) is 21.2. The topological polar surface area (TPSA) is 71.3 Å². The zero-order chi connectivity index (χ0) is 21.8. The zero-order valence-corrected chi connectivity index (χ0v) is 17.9. The maximum Gasteiger partial charge on any atom is 0.258 e. The monoisotopic (exact) mass is 407 g/mol. The van der Waals surface area contributed by atoms with E-state index in [0.717, 1.165) is 33.8 Å². The Morgan fingerprint density at radius 1 is 1.13 bits per heavy atom. The molecule has 0 unspecified atom stereocenters. The smallest absolute Gasteiger partial charge is 0.258 e. The number of aromatic nitrogens is 2. The van der Waals surface area contributed by atoms with Gasteiger partial charge in [0, 0.05) is 29.6 Å². The molecule has 3 rings (SSSR count). The lowest BCUT2D eigenvalue weighted by Gasteiger charge is -2.14. The molecule has 2 N–H and O–H groups in total. The third-order valence-electron chi connectivity index (χ3n) is 5.01. The highest BCUT2D eigenvalue weighted by Crippen LogP contribution is 2.17. The number of carbonyl (C=O) groups is 1. The quantitative estimate of drug-likeness (QED) is 0.503. The van der Waals surface area contributed by atoms with E-state index in [-0.39, 0.29) is 5.56 Å². The standard InChI is InChI=1S/C23H26FN5O/c1-14-9-10-21(15(2)11-14)26-23(25-13-20-16(3)28-29(5)17(20)4)27-22(30)18-7-6-8-19(24)12-18/h6-12H,13H2,1-5H3,(H2,25,26,27,30). The number of guanidine groups is 1. The van der Waals surface area contributed by atoms with Gasteiger partial charge >= 0.3 is 0 Å². The second-order valence-electron chi connectivity index (χ2n) is 7.35. The molecule has 0 aliphatic rings. The molecule has 1 aromatic heterocycles. The van der Waals surface area contributed by atoms with E-state index in [1.54, 1.807) is 6.07 Å². The molecular formula is C23H26FN5O. The fraction of sp³-hybridized carbons (Fsp3) is 0.261. The molecule has 0 saturated heterocycles. The van der Waals surface area contributed by atoms with Crippen LogP contribution in [-0.2, 0) is 13.6 Å². The predicted octanol–water partition coefficient (Wildman–Crippen LogP) is 4.19. The maximum absolute atomic E-state index is 13.5. The number of amides is 1. The van der Waals surface area contributed by atoms with Crippen LogP contribution in [-0.4, -0.2) is 21.6 Å². The Balaban J connectivity index is 1.90. The summed E-state index contributed by atoms with van der Waals surface area (Å²) >= 11 is 0. The second-order valence-corrected chi connectivity index (χ2v) is 7.35. The van der Waals surface area contributed by atoms with Gasteiger partial charge in [-0.25, -0.2) is 9.38 Å². The van der Waals surface area contributed by atoms with Crippen molar-refractivity contribution < 1.29 is 9.18 Å². The number of nitrogens with zero attached hydrogens (tertiary/aromatic N) is 3. The van der Waals surface area contributed by atoms with Crippen molar-refractivity contribution in [3.63, 3.8) is 0 Å². The minimum atomic E-state index is -0.468. The van der Waals surface area contributed by atoms with Crippen molar-refractivity contribution in [2.24, 2.45) is 12.0 Å². The molecule has 0 atom stereocenters. The highest BCUT2D eigenvalue weighted by atomic mass is 19.1. The summed E-state index contributed by atoms with van der Waals surface area (Å²) in [6.45, 7) is 8.26. The van der Waals surface area contributed by atoms with Gasteiger partial charge in [-0.05, 0) is 57.5 Å². The highest BCUT2D eigenvalue weighted by molar-refractivity contribution is 6.10. The van der Waals surface area contributed by atoms with E-state index in [2.05, 4.69) is 20.7 Å². The van der Waals surface area contributed by atoms with Gasteiger partial charge in [0.05, 0.1) is 12.2 Å². The lowest BCUT2D eigenvalue weighted by Crippen LogP contribution is -2.36. The third kappa shape index (κ3) is 4.92. The molecule has 0 spiro atoms. The van der Waals surface area contributed by atoms with Crippen LogP contribution in [0.1, 0.15) is 38.4 Å². The van der Waals surface area contributed by atoms with Gasteiger partial charge in [-0.2, -0.15) is 5.10 Å². The van der Waals surface area contributed by atoms with E-state index in [1.165, 1.54) is 18.2 Å². The van der Waals surface area contributed by atoms with Gasteiger partial charge in [-0.15, -0.1) is 0 Å². The summed E-state index contributed by atoms with van der Waals surface area (Å²) in [5, 5.41) is 10.4. The summed E-state index contributed by atoms with van der Waals surface area (Å²) < 4.78 is 15.3. The molecule has 2 aromatic carbocycles. The Labute approximate surface area is 175 Å². The molecule has 0 saturated carbocycles. The van der Waals surface area contributed by atoms with Crippen molar-refractivity contribution in [1.29, 1.82) is 0 Å². The van der Waals surface area contributed by atoms with Crippen molar-refractivity contribution in [3.8, 4) is 0 Å². The van der Waals surface area contributed by atoms with Gasteiger partial charge in [-0.1, -0.05) is 23.8 Å². The normalized spacial score (nSPS) is 11.5. The van der Waals surface area contributed by atoms with Crippen LogP contribution >= 0.6 is 0 Å². The largest absolute Gasteiger partial charge is 0.326 e. The minimum absolute atomic E-state index is 0.221. The van der Waals surface area contributed by atoms with Crippen LogP contribution in [0.4, 0.5) is 10.1 Å². The number of benzene rings is 2. The van der Waals surface area contributed by atoms with Crippen LogP contribution in [0, 0.1) is 33.5 Å². The van der Waals surface area contributed by atoms with Gasteiger partial charge in [0.15, 0.2) is 0 Å². The zero-order valence-electron chi connectivity index (χ0n) is 17.9. The number of aliphatic imine (C=N–C) groups is 1. The Hall–Kier alpha value is -3.48. The molecule has 0 aliphatic carbocycles. The Morgan fingerprint density at radius 2 is 1.90 bits per heavy atom. The van der Waals surface area contributed by atoms with Crippen LogP contribution in [0.25, 0.3) is 0 Å². The molecule has 0 radical (unpaired) electrons. The molecule has 7 heteroatoms. The van der Waals surface area contributed by atoms with Crippen molar-refractivity contribution in [3.05, 3.63) is 81.9 Å². The van der Waals surface area contributed by atoms with Crippen LogP contribution in [0.2, 0.25) is 0 Å². The average molecular weight is 407 g/mol. The second kappa shape index (κ2) is 8.90. The minimum Gasteiger partial charge on any atom is -0.326 e. The Kier molecular flexibility index (Phi) is 6.30. The van der Waals surface area contributed by atoms with Crippen molar-refractivity contribution in [2.45, 2.75) is 34.2 Å². The van der Waals surface area contributed by atoms with E-state index in [0.29, 0.717) is 12.5 Å². The van der Waals surface area contributed by atoms with Gasteiger partial charge in [0.1, 0.15) is 5.82 Å². The fourth-order valence-corrected chi connectivity index (χ4v) is 3.21. The van der Waals surface area contributed by atoms with E-state index >= 15 is 0 Å². The summed E-state index contributed by atoms with van der Waals surface area (Å²) in [6, 6.07) is 11.5. The lowest BCUT2D eigenvalue weighted by molar-refractivity contribution is 0.0976. The van der Waals surface area contributed by atoms with Crippen LogP contribution in [0.15, 0.2) is 47.5 Å². The number of hydrogen-bond donors (Lipinski definition) is 2. The summed E-state index contributed by atoms with van der Waals surface area (Å²) in [7, 11) is 1.89. The lowest BCUT2D eigenvalue weighted by atomic mass is 10.1. The van der Waals surface area contributed by atoms with Gasteiger partial charge in [0.2, 0.25) is 5.96 Å². The molecule has 0 fully saturated rings. The number of halogens is 1. The molecule has 6 nitrogen and oxygen atoms in total. The van der Waals surface area contributed by atoms with Crippen molar-refractivity contribution in [1.82, 2.24) is 15.1 Å². The molecule has 30 heavy (non-hydrogen) atoms. The fourth-order valence-electron chi connectivity index (χ4n) is 3.21. The van der Waals surface area contributed by atoms with Crippen LogP contribution in [0.3, 0.4) is 0 Å². The molecular weight excluding hydrogens is 381 g/mol. The number of anilines is 1. The van der Waals surface area contributed by atoms with E-state index in [9.17, 15) is 9.18 Å². The third-order valence-corrected chi connectivity index (χ3v) is 5.01. The van der Waals surface area contributed by atoms with E-state index < -0.39 is 11.7 Å². The SMILES string of the molecule is Cc1ccc(NC(=NCc2c(C)nn(C)c2C)NC(=O)c2cccc(F)c2)c(C)c1. The first-order valence-electron chi connectivity index (χ1n) is 9.69. The first-order chi connectivity index (χ1) is 14.2. The van der Waals surface area contributed by atoms with Crippen molar-refractivity contribution >= 4 is 17.6 Å². The molecule has 1 amide bonds. The molecule has 3 aromatic rings. The van der Waals surface area contributed by atoms with Gasteiger partial charge in [0.25, 0.3) is 5.91 Å². The number of aryl methyl sites for hydroxylation is 4. The predicted molar refractivity (Wildman–Crippen MR) is 117 cm³/mol. The molecule has 0 bridgehead atoms. The maximum atomic E-state index is 13.5. The van der Waals surface area contributed by atoms with Crippen LogP contribution in [0.5, 0.6) is 0 Å². The summed E-state index contributed by atoms with van der Waals surface area (Å²) in [4.78, 5) is 17.3. The average Bonchev–Trinajstić information content (AvgIpc) is 2.93.